The lowest BCUT2D eigenvalue weighted by Crippen LogP contribution is -2.52. The van der Waals surface area contributed by atoms with Crippen molar-refractivity contribution in [3.63, 3.8) is 0 Å². The molecular weight excluding hydrogens is 616 g/mol. The molecule has 2 aromatic rings. The Balaban J connectivity index is 1.67. The Morgan fingerprint density at radius 1 is 1.30 bits per heavy atom. The van der Waals surface area contributed by atoms with E-state index in [9.17, 15) is 26.6 Å². The number of carbonyl (C=O) groups excluding carboxylic acids is 1. The molecule has 1 fully saturated rings. The van der Waals surface area contributed by atoms with Crippen LogP contribution in [0.25, 0.3) is 0 Å². The van der Waals surface area contributed by atoms with Crippen molar-refractivity contribution in [3.8, 4) is 0 Å². The van der Waals surface area contributed by atoms with Gasteiger partial charge in [0.15, 0.2) is 11.6 Å². The number of carbonyl (C=O) groups is 1. The molecule has 43 heavy (non-hydrogen) atoms. The lowest BCUT2D eigenvalue weighted by Gasteiger charge is -2.40. The van der Waals surface area contributed by atoms with Gasteiger partial charge in [0.1, 0.15) is 18.3 Å². The van der Waals surface area contributed by atoms with Gasteiger partial charge >= 0.3 is 12.1 Å². The van der Waals surface area contributed by atoms with Crippen LogP contribution < -0.4 is 21.3 Å². The van der Waals surface area contributed by atoms with Crippen molar-refractivity contribution < 1.29 is 36.4 Å². The van der Waals surface area contributed by atoms with E-state index in [0.29, 0.717) is 44.6 Å². The number of aliphatic hydroxyl groups is 1. The molecule has 0 aliphatic carbocycles. The highest BCUT2D eigenvalue weighted by molar-refractivity contribution is 7.84. The molecule has 1 aromatic heterocycles. The maximum Gasteiger partial charge on any atom is 0.416 e. The molecule has 3 rings (SSSR count). The van der Waals surface area contributed by atoms with Gasteiger partial charge in [-0.15, -0.1) is 0 Å². The average Bonchev–Trinajstić information content (AvgIpc) is 2.96. The molecule has 1 saturated heterocycles. The van der Waals surface area contributed by atoms with Crippen molar-refractivity contribution in [2.24, 2.45) is 5.92 Å². The zero-order chi connectivity index (χ0) is 31.6. The first-order valence-corrected chi connectivity index (χ1v) is 15.8. The van der Waals surface area contributed by atoms with Crippen molar-refractivity contribution in [2.45, 2.75) is 57.3 Å². The van der Waals surface area contributed by atoms with Crippen LogP contribution in [0.2, 0.25) is 5.02 Å². The summed E-state index contributed by atoms with van der Waals surface area (Å²) < 4.78 is 71.4. The van der Waals surface area contributed by atoms with Crippen LogP contribution in [0.5, 0.6) is 0 Å². The summed E-state index contributed by atoms with van der Waals surface area (Å²) in [5.41, 5.74) is 4.74. The summed E-state index contributed by atoms with van der Waals surface area (Å²) >= 11 is 5.91. The molecule has 0 amide bonds. The number of ether oxygens (including phenoxy) is 1. The van der Waals surface area contributed by atoms with Crippen molar-refractivity contribution in [3.05, 3.63) is 40.9 Å². The molecule has 0 radical (unpaired) electrons. The predicted octanol–water partition coefficient (Wildman–Crippen LogP) is 3.96. The molecule has 0 saturated carbocycles. The highest BCUT2D eigenvalue weighted by atomic mass is 35.5. The smallest absolute Gasteiger partial charge is 0.416 e. The zero-order valence-electron chi connectivity index (χ0n) is 23.7. The van der Waals surface area contributed by atoms with Gasteiger partial charge in [-0.05, 0) is 69.7 Å². The number of nitrogens with one attached hydrogen (secondary N) is 2. The van der Waals surface area contributed by atoms with Gasteiger partial charge in [-0.3, -0.25) is 4.21 Å². The van der Waals surface area contributed by atoms with E-state index in [2.05, 4.69) is 20.6 Å². The molecule has 2 unspecified atom stereocenters. The number of esters is 1. The quantitative estimate of drug-likeness (QED) is 0.127. The maximum atomic E-state index is 14.7. The Morgan fingerprint density at radius 3 is 2.77 bits per heavy atom. The van der Waals surface area contributed by atoms with Crippen molar-refractivity contribution in [1.29, 1.82) is 0 Å². The standard InChI is InChI=1S/C27H37ClF4N6O4S/c1-2-42-26(40)21(37-20-12-18(27(30,31)32)11-19(28)13-20)6-3-8-34-22-14-38(25-23(29)24(33)35-15-36-25)9-7-17(22)5-4-10-43(41)16-39/h11-13,15,17,21-22,34,37,39H,2-10,14,16H2,1H3,(H2,33,35,36)/t17?,21-,22+,43?/m1/s1. The van der Waals surface area contributed by atoms with Crippen molar-refractivity contribution in [1.82, 2.24) is 15.3 Å². The van der Waals surface area contributed by atoms with Gasteiger partial charge in [0.25, 0.3) is 0 Å². The summed E-state index contributed by atoms with van der Waals surface area (Å²) in [6.07, 6.45) is -0.650. The van der Waals surface area contributed by atoms with Crippen LogP contribution in [-0.4, -0.2) is 75.3 Å². The van der Waals surface area contributed by atoms with Gasteiger partial charge in [0.2, 0.25) is 5.82 Å². The van der Waals surface area contributed by atoms with Gasteiger partial charge in [0, 0.05) is 46.4 Å². The van der Waals surface area contributed by atoms with E-state index < -0.39 is 46.3 Å². The molecule has 0 spiro atoms. The summed E-state index contributed by atoms with van der Waals surface area (Å²) in [5.74, 6) is -1.32. The molecule has 10 nitrogen and oxygen atoms in total. The van der Waals surface area contributed by atoms with Crippen molar-refractivity contribution >= 4 is 45.7 Å². The number of nitrogens with zero attached hydrogens (tertiary/aromatic N) is 3. The van der Waals surface area contributed by atoms with Crippen LogP contribution in [0.1, 0.15) is 44.6 Å². The van der Waals surface area contributed by atoms with Crippen LogP contribution in [0.4, 0.5) is 34.9 Å². The number of aliphatic hydroxyl groups excluding tert-OH is 1. The predicted molar refractivity (Wildman–Crippen MR) is 158 cm³/mol. The van der Waals surface area contributed by atoms with Crippen LogP contribution in [0.3, 0.4) is 0 Å². The first-order valence-electron chi connectivity index (χ1n) is 13.9. The number of hydrogen-bond acceptors (Lipinski definition) is 10. The number of hydrogen-bond donors (Lipinski definition) is 4. The number of rotatable bonds is 15. The monoisotopic (exact) mass is 652 g/mol. The van der Waals surface area contributed by atoms with Crippen molar-refractivity contribution in [2.75, 3.05) is 53.9 Å². The number of benzene rings is 1. The first kappa shape index (κ1) is 34.7. The largest absolute Gasteiger partial charge is 0.464 e. The number of alkyl halides is 3. The second-order valence-electron chi connectivity index (χ2n) is 10.2. The minimum Gasteiger partial charge on any atom is -0.464 e. The SMILES string of the molecule is CCOC(=O)[C@@H](CCCN[C@H]1CN(c2ncnc(N)c2F)CCC1CCCS(=O)CO)Nc1cc(Cl)cc(C(F)(F)F)c1. The van der Waals surface area contributed by atoms with Crippen LogP contribution in [0.15, 0.2) is 24.5 Å². The maximum absolute atomic E-state index is 14.7. The molecule has 1 aliphatic rings. The third-order valence-corrected chi connectivity index (χ3v) is 8.41. The lowest BCUT2D eigenvalue weighted by molar-refractivity contribution is -0.144. The minimum atomic E-state index is -4.61. The fraction of sp³-hybridized carbons (Fsp3) is 0.593. The third-order valence-electron chi connectivity index (χ3n) is 7.16. The van der Waals surface area contributed by atoms with Gasteiger partial charge in [-0.1, -0.05) is 11.6 Å². The number of anilines is 3. The van der Waals surface area contributed by atoms with Gasteiger partial charge in [-0.25, -0.2) is 14.8 Å². The summed E-state index contributed by atoms with van der Waals surface area (Å²) in [7, 11) is -1.31. The van der Waals surface area contributed by atoms with E-state index in [4.69, 9.17) is 27.2 Å². The number of nitrogen functional groups attached to an aromatic ring is 1. The Morgan fingerprint density at radius 2 is 2.07 bits per heavy atom. The highest BCUT2D eigenvalue weighted by Crippen LogP contribution is 2.34. The molecule has 5 N–H and O–H groups in total. The lowest BCUT2D eigenvalue weighted by atomic mass is 9.87. The summed E-state index contributed by atoms with van der Waals surface area (Å²) in [5, 5.41) is 15.3. The van der Waals surface area contributed by atoms with Gasteiger partial charge in [0.05, 0.1) is 12.2 Å². The Labute approximate surface area is 255 Å². The van der Waals surface area contributed by atoms with Crippen LogP contribution in [-0.2, 0) is 26.5 Å². The fourth-order valence-corrected chi connectivity index (χ4v) is 5.91. The van der Waals surface area contributed by atoms with Gasteiger partial charge < -0.3 is 31.1 Å². The number of halogens is 5. The normalized spacial score (nSPS) is 18.7. The second-order valence-corrected chi connectivity index (χ2v) is 12.2. The molecule has 240 valence electrons. The first-order chi connectivity index (χ1) is 20.4. The zero-order valence-corrected chi connectivity index (χ0v) is 25.3. The highest BCUT2D eigenvalue weighted by Gasteiger charge is 2.33. The van der Waals surface area contributed by atoms with E-state index in [1.807, 2.05) is 0 Å². The van der Waals surface area contributed by atoms with Gasteiger partial charge in [-0.2, -0.15) is 17.6 Å². The Kier molecular flexibility index (Phi) is 13.2. The summed E-state index contributed by atoms with van der Waals surface area (Å²) in [4.78, 5) is 22.2. The molecule has 1 aliphatic heterocycles. The summed E-state index contributed by atoms with van der Waals surface area (Å²) in [6, 6.07) is 1.96. The molecule has 2 heterocycles. The average molecular weight is 653 g/mol. The van der Waals surface area contributed by atoms with E-state index in [1.165, 1.54) is 12.4 Å². The molecule has 1 aromatic carbocycles. The van der Waals surface area contributed by atoms with Crippen LogP contribution >= 0.6 is 11.6 Å². The van der Waals surface area contributed by atoms with E-state index in [0.717, 1.165) is 18.6 Å². The van der Waals surface area contributed by atoms with Crippen LogP contribution in [0, 0.1) is 11.7 Å². The molecular formula is C27H37ClF4N6O4S. The second kappa shape index (κ2) is 16.4. The fourth-order valence-electron chi connectivity index (χ4n) is 5.06. The molecule has 4 atom stereocenters. The minimum absolute atomic E-state index is 0.0419. The topological polar surface area (TPSA) is 143 Å². The van der Waals surface area contributed by atoms with E-state index in [-0.39, 0.29) is 47.3 Å². The third kappa shape index (κ3) is 10.4. The molecule has 0 bridgehead atoms. The molecule has 16 heteroatoms. The number of nitrogens with two attached hydrogens (primary N) is 1. The number of aromatic nitrogens is 2. The summed E-state index contributed by atoms with van der Waals surface area (Å²) in [6.45, 7) is 3.10. The Hall–Kier alpha value is -2.75. The Bertz CT molecular complexity index is 1240. The van der Waals surface area contributed by atoms with E-state index >= 15 is 0 Å². The number of piperidine rings is 1. The van der Waals surface area contributed by atoms with E-state index in [1.54, 1.807) is 11.8 Å².